The zero-order chi connectivity index (χ0) is 14.2. The van der Waals surface area contributed by atoms with E-state index in [1.54, 1.807) is 12.1 Å². The molecule has 2 rings (SSSR count). The van der Waals surface area contributed by atoms with Crippen molar-refractivity contribution in [1.82, 2.24) is 0 Å². The van der Waals surface area contributed by atoms with Gasteiger partial charge in [0, 0.05) is 17.7 Å². The Morgan fingerprint density at radius 3 is 2.90 bits per heavy atom. The van der Waals surface area contributed by atoms with Gasteiger partial charge in [-0.1, -0.05) is 17.3 Å². The fourth-order valence-electron chi connectivity index (χ4n) is 1.97. The van der Waals surface area contributed by atoms with Crippen molar-refractivity contribution in [2.24, 2.45) is 5.16 Å². The molecule has 1 N–H and O–H groups in total. The van der Waals surface area contributed by atoms with Crippen molar-refractivity contribution in [3.63, 3.8) is 0 Å². The molecule has 1 aliphatic rings. The van der Waals surface area contributed by atoms with Crippen LogP contribution < -0.4 is 17.3 Å². The molecule has 1 fully saturated rings. The summed E-state index contributed by atoms with van der Waals surface area (Å²) in [5.74, 6) is 0. The molecule has 8 heteroatoms. The van der Waals surface area contributed by atoms with E-state index >= 15 is 0 Å². The minimum Gasteiger partial charge on any atom is -1.00 e. The highest BCUT2D eigenvalue weighted by atomic mass is 35.5. The number of morpholine rings is 1. The molecule has 1 aliphatic heterocycles. The minimum atomic E-state index is -0.431. The van der Waals surface area contributed by atoms with Crippen molar-refractivity contribution in [3.05, 3.63) is 39.9 Å². The van der Waals surface area contributed by atoms with E-state index in [1.165, 1.54) is 23.2 Å². The van der Waals surface area contributed by atoms with Crippen LogP contribution in [0.1, 0.15) is 5.56 Å². The number of oxime groups is 1. The molecule has 0 bridgehead atoms. The topological polar surface area (TPSA) is 78.4 Å². The predicted octanol–water partition coefficient (Wildman–Crippen LogP) is -3.14. The number of benzene rings is 1. The Morgan fingerprint density at radius 1 is 1.43 bits per heavy atom. The van der Waals surface area contributed by atoms with Crippen molar-refractivity contribution < 1.29 is 31.8 Å². The number of nitro groups is 1. The van der Waals surface area contributed by atoms with Crippen LogP contribution in [0, 0.1) is 10.1 Å². The number of hydrogen-bond donors (Lipinski definition) is 1. The van der Waals surface area contributed by atoms with Gasteiger partial charge in [-0.15, -0.1) is 0 Å². The van der Waals surface area contributed by atoms with Crippen LogP contribution >= 0.6 is 0 Å². The van der Waals surface area contributed by atoms with Gasteiger partial charge >= 0.3 is 0 Å². The summed E-state index contributed by atoms with van der Waals surface area (Å²) in [5, 5.41) is 14.5. The summed E-state index contributed by atoms with van der Waals surface area (Å²) in [6.45, 7) is 5.00. The molecule has 0 atom stereocenters. The first-order chi connectivity index (χ1) is 9.75. The van der Waals surface area contributed by atoms with Gasteiger partial charge in [0.1, 0.15) is 19.6 Å². The zero-order valence-corrected chi connectivity index (χ0v) is 12.3. The standard InChI is InChI=1S/C13H17N3O4.ClH/c17-16(18)13-3-1-2-12(10-13)11-14-20-9-6-15-4-7-19-8-5-15;/h1-3,10-11H,4-9H2;1H/b14-11+;. The lowest BCUT2D eigenvalue weighted by Gasteiger charge is -2.22. The molecule has 0 saturated carbocycles. The number of halogens is 1. The third-order valence-electron chi connectivity index (χ3n) is 3.10. The average molecular weight is 316 g/mol. The summed E-state index contributed by atoms with van der Waals surface area (Å²) < 4.78 is 5.27. The molecule has 0 amide bonds. The lowest BCUT2D eigenvalue weighted by Crippen LogP contribution is -3.14. The molecule has 0 unspecified atom stereocenters. The fraction of sp³-hybridized carbons (Fsp3) is 0.462. The Labute approximate surface area is 129 Å². The van der Waals surface area contributed by atoms with Crippen LogP contribution in [0.15, 0.2) is 29.4 Å². The van der Waals surface area contributed by atoms with Crippen LogP contribution in [0.25, 0.3) is 0 Å². The van der Waals surface area contributed by atoms with E-state index < -0.39 is 4.92 Å². The van der Waals surface area contributed by atoms with Crippen LogP contribution in [0.2, 0.25) is 0 Å². The normalized spacial score (nSPS) is 15.6. The quantitative estimate of drug-likeness (QED) is 0.260. The Hall–Kier alpha value is -1.70. The molecular formula is C13H18ClN3O4. The number of nitro benzene ring substituents is 1. The van der Waals surface area contributed by atoms with Crippen molar-refractivity contribution in [1.29, 1.82) is 0 Å². The number of non-ortho nitro benzene ring substituents is 1. The van der Waals surface area contributed by atoms with Gasteiger partial charge in [0.05, 0.1) is 24.4 Å². The minimum absolute atomic E-state index is 0. The second kappa shape index (κ2) is 9.28. The molecule has 1 aromatic rings. The Morgan fingerprint density at radius 2 is 2.19 bits per heavy atom. The van der Waals surface area contributed by atoms with Gasteiger partial charge in [-0.3, -0.25) is 10.1 Å². The first-order valence-corrected chi connectivity index (χ1v) is 6.57. The number of quaternary nitrogens is 1. The monoisotopic (exact) mass is 315 g/mol. The Balaban J connectivity index is 0.00000220. The lowest BCUT2D eigenvalue weighted by atomic mass is 10.2. The second-order valence-corrected chi connectivity index (χ2v) is 4.53. The number of hydrogen-bond acceptors (Lipinski definition) is 5. The smallest absolute Gasteiger partial charge is 0.270 e. The highest BCUT2D eigenvalue weighted by molar-refractivity contribution is 5.80. The molecule has 0 spiro atoms. The summed E-state index contributed by atoms with van der Waals surface area (Å²) in [5.41, 5.74) is 0.699. The maximum atomic E-state index is 10.6. The highest BCUT2D eigenvalue weighted by Crippen LogP contribution is 2.11. The van der Waals surface area contributed by atoms with Gasteiger partial charge in [0.2, 0.25) is 0 Å². The van der Waals surface area contributed by atoms with Crippen molar-refractivity contribution >= 4 is 11.9 Å². The van der Waals surface area contributed by atoms with Crippen molar-refractivity contribution in [2.75, 3.05) is 39.5 Å². The lowest BCUT2D eigenvalue weighted by molar-refractivity contribution is -0.908. The predicted molar refractivity (Wildman–Crippen MR) is 73.0 cm³/mol. The van der Waals surface area contributed by atoms with Crippen molar-refractivity contribution in [2.45, 2.75) is 0 Å². The molecule has 21 heavy (non-hydrogen) atoms. The van der Waals surface area contributed by atoms with Crippen LogP contribution in [0.4, 0.5) is 5.69 Å². The van der Waals surface area contributed by atoms with Crippen LogP contribution in [-0.4, -0.2) is 50.6 Å². The van der Waals surface area contributed by atoms with Gasteiger partial charge in [-0.2, -0.15) is 0 Å². The number of nitrogens with zero attached hydrogens (tertiary/aromatic N) is 2. The van der Waals surface area contributed by atoms with Crippen LogP contribution in [0.5, 0.6) is 0 Å². The van der Waals surface area contributed by atoms with Gasteiger partial charge in [-0.05, 0) is 0 Å². The summed E-state index contributed by atoms with van der Waals surface area (Å²) >= 11 is 0. The van der Waals surface area contributed by atoms with E-state index in [0.717, 1.165) is 32.8 Å². The first kappa shape index (κ1) is 17.4. The van der Waals surface area contributed by atoms with Gasteiger partial charge in [0.15, 0.2) is 6.61 Å². The Kier molecular flexibility index (Phi) is 7.66. The maximum absolute atomic E-state index is 10.6. The summed E-state index contributed by atoms with van der Waals surface area (Å²) in [7, 11) is 0. The fourth-order valence-corrected chi connectivity index (χ4v) is 1.97. The highest BCUT2D eigenvalue weighted by Gasteiger charge is 2.12. The molecule has 1 heterocycles. The largest absolute Gasteiger partial charge is 1.00 e. The van der Waals surface area contributed by atoms with Gasteiger partial charge in [0.25, 0.3) is 5.69 Å². The van der Waals surface area contributed by atoms with Gasteiger partial charge < -0.3 is 26.9 Å². The number of rotatable bonds is 6. The van der Waals surface area contributed by atoms with E-state index in [9.17, 15) is 10.1 Å². The zero-order valence-electron chi connectivity index (χ0n) is 11.5. The third kappa shape index (κ3) is 6.07. The van der Waals surface area contributed by atoms with E-state index in [0.29, 0.717) is 12.2 Å². The molecule has 116 valence electrons. The van der Waals surface area contributed by atoms with E-state index in [-0.39, 0.29) is 18.1 Å². The molecule has 7 nitrogen and oxygen atoms in total. The van der Waals surface area contributed by atoms with Crippen LogP contribution in [-0.2, 0) is 9.57 Å². The molecule has 0 radical (unpaired) electrons. The second-order valence-electron chi connectivity index (χ2n) is 4.53. The number of ether oxygens (including phenoxy) is 1. The van der Waals surface area contributed by atoms with E-state index in [1.807, 2.05) is 0 Å². The molecular weight excluding hydrogens is 298 g/mol. The van der Waals surface area contributed by atoms with Gasteiger partial charge in [-0.25, -0.2) is 0 Å². The van der Waals surface area contributed by atoms with Crippen LogP contribution in [0.3, 0.4) is 0 Å². The average Bonchev–Trinajstić information content (AvgIpc) is 2.48. The van der Waals surface area contributed by atoms with Crippen molar-refractivity contribution in [3.8, 4) is 0 Å². The molecule has 1 aromatic carbocycles. The molecule has 0 aromatic heterocycles. The third-order valence-corrected chi connectivity index (χ3v) is 3.10. The summed E-state index contributed by atoms with van der Waals surface area (Å²) in [6.07, 6.45) is 1.49. The van der Waals surface area contributed by atoms with E-state index in [2.05, 4.69) is 5.16 Å². The SMILES string of the molecule is O=[N+]([O-])c1cccc(/C=N/OCC[NH+]2CCOCC2)c1.[Cl-]. The Bertz CT molecular complexity index is 478. The maximum Gasteiger partial charge on any atom is 0.270 e. The first-order valence-electron chi connectivity index (χ1n) is 6.57. The summed E-state index contributed by atoms with van der Waals surface area (Å²) in [4.78, 5) is 16.8. The summed E-state index contributed by atoms with van der Waals surface area (Å²) in [6, 6.07) is 6.27. The van der Waals surface area contributed by atoms with E-state index in [4.69, 9.17) is 9.57 Å². The molecule has 1 saturated heterocycles. The number of nitrogens with one attached hydrogen (secondary N) is 1. The molecule has 0 aliphatic carbocycles.